The fourth-order valence-corrected chi connectivity index (χ4v) is 5.04. The molecule has 10 nitrogen and oxygen atoms in total. The molecule has 5 rings (SSSR count). The Kier molecular flexibility index (Phi) is 11.3. The number of hydrogen-bond donors (Lipinski definition) is 2. The Hall–Kier alpha value is -3.38. The van der Waals surface area contributed by atoms with E-state index in [0.717, 1.165) is 21.9 Å². The van der Waals surface area contributed by atoms with Gasteiger partial charge in [-0.15, -0.1) is 0 Å². The van der Waals surface area contributed by atoms with Gasteiger partial charge in [0.15, 0.2) is 0 Å². The molecule has 224 valence electrons. The van der Waals surface area contributed by atoms with E-state index in [1.807, 2.05) is 48.5 Å². The third-order valence-electron chi connectivity index (χ3n) is 7.40. The summed E-state index contributed by atoms with van der Waals surface area (Å²) in [5.41, 5.74) is 2.88. The fourth-order valence-electron chi connectivity index (χ4n) is 5.04. The summed E-state index contributed by atoms with van der Waals surface area (Å²) in [6, 6.07) is 15.5. The Balaban J connectivity index is 1.13. The lowest BCUT2D eigenvalue weighted by atomic mass is 10.1. The van der Waals surface area contributed by atoms with Gasteiger partial charge in [0, 0.05) is 73.6 Å². The number of benzene rings is 2. The van der Waals surface area contributed by atoms with Crippen LogP contribution < -0.4 is 0 Å². The maximum atomic E-state index is 10.8. The number of rotatable bonds is 4. The van der Waals surface area contributed by atoms with Crippen molar-refractivity contribution in [2.45, 2.75) is 13.1 Å². The molecule has 2 aromatic heterocycles. The van der Waals surface area contributed by atoms with Gasteiger partial charge in [0.25, 0.3) is 0 Å². The lowest BCUT2D eigenvalue weighted by Crippen LogP contribution is -2.32. The van der Waals surface area contributed by atoms with Gasteiger partial charge in [-0.1, -0.05) is 36.4 Å². The minimum Gasteiger partial charge on any atom is -0.505 e. The summed E-state index contributed by atoms with van der Waals surface area (Å²) < 4.78 is 23.5. The Bertz CT molecular complexity index is 1290. The average molecular weight is 577 g/mol. The predicted octanol–water partition coefficient (Wildman–Crippen LogP) is 3.58. The predicted molar refractivity (Wildman–Crippen MR) is 161 cm³/mol. The highest BCUT2D eigenvalue weighted by Gasteiger charge is 2.14. The largest absolute Gasteiger partial charge is 0.505 e. The van der Waals surface area contributed by atoms with Crippen molar-refractivity contribution in [2.75, 3.05) is 79.0 Å². The quantitative estimate of drug-likeness (QED) is 0.374. The molecule has 0 saturated carbocycles. The van der Waals surface area contributed by atoms with Crippen LogP contribution in [0.3, 0.4) is 0 Å². The number of hydrogen-bond acceptors (Lipinski definition) is 10. The van der Waals surface area contributed by atoms with Gasteiger partial charge in [-0.2, -0.15) is 0 Å². The van der Waals surface area contributed by atoms with Crippen molar-refractivity contribution in [2.24, 2.45) is 0 Å². The van der Waals surface area contributed by atoms with E-state index in [2.05, 4.69) is 19.8 Å². The summed E-state index contributed by atoms with van der Waals surface area (Å²) in [6.45, 7) is 8.05. The molecule has 42 heavy (non-hydrogen) atoms. The average Bonchev–Trinajstić information content (AvgIpc) is 3.01. The van der Waals surface area contributed by atoms with Crippen molar-refractivity contribution in [1.82, 2.24) is 19.8 Å². The third-order valence-corrected chi connectivity index (χ3v) is 7.40. The molecule has 1 saturated heterocycles. The zero-order valence-electron chi connectivity index (χ0n) is 24.0. The van der Waals surface area contributed by atoms with Gasteiger partial charge < -0.3 is 29.2 Å². The molecule has 0 spiro atoms. The number of phenolic OH excluding ortho intramolecular Hbond substituents is 2. The second kappa shape index (κ2) is 15.7. The number of aromatic nitrogens is 2. The normalized spacial score (nSPS) is 18.1. The number of ether oxygens (including phenoxy) is 4. The van der Waals surface area contributed by atoms with Gasteiger partial charge in [0.2, 0.25) is 0 Å². The van der Waals surface area contributed by atoms with Gasteiger partial charge in [-0.25, -0.2) is 0 Å². The summed E-state index contributed by atoms with van der Waals surface area (Å²) in [7, 11) is 0. The van der Waals surface area contributed by atoms with Crippen molar-refractivity contribution in [3.8, 4) is 11.5 Å². The molecule has 0 radical (unpaired) electrons. The van der Waals surface area contributed by atoms with E-state index in [1.165, 1.54) is 0 Å². The van der Waals surface area contributed by atoms with Crippen molar-refractivity contribution >= 4 is 21.8 Å². The Morgan fingerprint density at radius 2 is 0.905 bits per heavy atom. The topological polar surface area (TPSA) is 110 Å². The van der Waals surface area contributed by atoms with Crippen molar-refractivity contribution in [3.05, 3.63) is 72.1 Å². The van der Waals surface area contributed by atoms with E-state index in [4.69, 9.17) is 18.9 Å². The first kappa shape index (κ1) is 30.1. The van der Waals surface area contributed by atoms with Gasteiger partial charge in [-0.3, -0.25) is 19.8 Å². The molecular formula is C32H40N4O6. The molecular weight excluding hydrogens is 536 g/mol. The van der Waals surface area contributed by atoms with Crippen LogP contribution in [-0.4, -0.2) is 109 Å². The van der Waals surface area contributed by atoms with Gasteiger partial charge >= 0.3 is 0 Å². The molecule has 0 aliphatic carbocycles. The van der Waals surface area contributed by atoms with Crippen molar-refractivity contribution < 1.29 is 29.2 Å². The van der Waals surface area contributed by atoms with E-state index in [9.17, 15) is 10.2 Å². The van der Waals surface area contributed by atoms with E-state index in [0.29, 0.717) is 103 Å². The summed E-state index contributed by atoms with van der Waals surface area (Å²) in [5.74, 6) is 0.440. The van der Waals surface area contributed by atoms with Crippen LogP contribution in [0.4, 0.5) is 0 Å². The first-order valence-electron chi connectivity index (χ1n) is 14.6. The first-order valence-corrected chi connectivity index (χ1v) is 14.6. The third kappa shape index (κ3) is 8.34. The molecule has 1 aliphatic heterocycles. The Labute approximate surface area is 246 Å². The standard InChI is InChI=1S/C32H40N4O6/c37-31-27(7-5-25-3-1-9-33-29(25)31)23-35-11-15-39-19-21-41-17-13-36(14-18-42-22-20-40-16-12-35)24-28-8-6-26-4-2-10-34-30(26)32(28)38/h1-10,37-38H,11-24H2. The van der Waals surface area contributed by atoms with E-state index in [1.54, 1.807) is 12.4 Å². The molecule has 10 heteroatoms. The highest BCUT2D eigenvalue weighted by molar-refractivity contribution is 5.86. The Morgan fingerprint density at radius 1 is 0.524 bits per heavy atom. The number of phenols is 2. The lowest BCUT2D eigenvalue weighted by Gasteiger charge is -2.24. The zero-order chi connectivity index (χ0) is 29.0. The number of fused-ring (bicyclic) bond motifs is 2. The van der Waals surface area contributed by atoms with Crippen LogP contribution in [-0.2, 0) is 32.0 Å². The number of nitrogens with zero attached hydrogens (tertiary/aromatic N) is 4. The van der Waals surface area contributed by atoms with Crippen LogP contribution in [0.5, 0.6) is 11.5 Å². The van der Waals surface area contributed by atoms with Gasteiger partial charge in [0.1, 0.15) is 22.5 Å². The summed E-state index contributed by atoms with van der Waals surface area (Å²) in [6.07, 6.45) is 3.39. The highest BCUT2D eigenvalue weighted by atomic mass is 16.5. The van der Waals surface area contributed by atoms with E-state index < -0.39 is 0 Å². The highest BCUT2D eigenvalue weighted by Crippen LogP contribution is 2.29. The van der Waals surface area contributed by atoms with E-state index >= 15 is 0 Å². The van der Waals surface area contributed by atoms with Gasteiger partial charge in [-0.05, 0) is 12.1 Å². The van der Waals surface area contributed by atoms with Crippen molar-refractivity contribution in [1.29, 1.82) is 0 Å². The summed E-state index contributed by atoms with van der Waals surface area (Å²) in [4.78, 5) is 13.1. The molecule has 2 N–H and O–H groups in total. The molecule has 0 atom stereocenters. The monoisotopic (exact) mass is 576 g/mol. The van der Waals surface area contributed by atoms with Crippen LogP contribution in [0.15, 0.2) is 60.9 Å². The molecule has 0 bridgehead atoms. The minimum atomic E-state index is 0.220. The molecule has 1 fully saturated rings. The van der Waals surface area contributed by atoms with E-state index in [-0.39, 0.29) is 11.5 Å². The fraction of sp³-hybridized carbons (Fsp3) is 0.438. The maximum Gasteiger partial charge on any atom is 0.146 e. The van der Waals surface area contributed by atoms with Crippen molar-refractivity contribution in [3.63, 3.8) is 0 Å². The second-order valence-electron chi connectivity index (χ2n) is 10.3. The van der Waals surface area contributed by atoms with Crippen LogP contribution in [0, 0.1) is 0 Å². The molecule has 1 aliphatic rings. The second-order valence-corrected chi connectivity index (χ2v) is 10.3. The smallest absolute Gasteiger partial charge is 0.146 e. The molecule has 2 aromatic carbocycles. The Morgan fingerprint density at radius 3 is 1.29 bits per heavy atom. The SMILES string of the molecule is Oc1c(CN2CCOCCOCCN(Cc3ccc4cccnc4c3O)CCOCCOCC2)ccc2cccnc12. The van der Waals surface area contributed by atoms with Crippen LogP contribution in [0.1, 0.15) is 11.1 Å². The van der Waals surface area contributed by atoms with Crippen LogP contribution >= 0.6 is 0 Å². The summed E-state index contributed by atoms with van der Waals surface area (Å²) >= 11 is 0. The minimum absolute atomic E-state index is 0.220. The first-order chi connectivity index (χ1) is 20.7. The number of pyridine rings is 2. The molecule has 4 aromatic rings. The summed E-state index contributed by atoms with van der Waals surface area (Å²) in [5, 5.41) is 23.5. The molecule has 0 amide bonds. The zero-order valence-corrected chi connectivity index (χ0v) is 24.0. The lowest BCUT2D eigenvalue weighted by molar-refractivity contribution is 0.00612. The van der Waals surface area contributed by atoms with Gasteiger partial charge in [0.05, 0.1) is 52.9 Å². The van der Waals surface area contributed by atoms with Crippen LogP contribution in [0.2, 0.25) is 0 Å². The molecule has 0 unspecified atom stereocenters. The van der Waals surface area contributed by atoms with Crippen LogP contribution in [0.25, 0.3) is 21.8 Å². The maximum absolute atomic E-state index is 10.8. The molecule has 3 heterocycles. The number of aromatic hydroxyl groups is 2.